The zero-order valence-electron chi connectivity index (χ0n) is 22.7. The van der Waals surface area contributed by atoms with Gasteiger partial charge < -0.3 is 18.9 Å². The summed E-state index contributed by atoms with van der Waals surface area (Å²) >= 11 is 0. The van der Waals surface area contributed by atoms with Crippen LogP contribution in [0.15, 0.2) is 85.2 Å². The quantitative estimate of drug-likeness (QED) is 0.259. The van der Waals surface area contributed by atoms with Crippen molar-refractivity contribution in [2.24, 2.45) is 0 Å². The van der Waals surface area contributed by atoms with Crippen LogP contribution in [0.3, 0.4) is 0 Å². The Balaban J connectivity index is 1.36. The zero-order chi connectivity index (χ0) is 27.9. The minimum atomic E-state index is -0.263. The molecule has 0 fully saturated rings. The summed E-state index contributed by atoms with van der Waals surface area (Å²) in [7, 11) is 3.27. The van der Waals surface area contributed by atoms with Gasteiger partial charge in [0.15, 0.2) is 23.0 Å². The monoisotopic (exact) mass is 546 g/mol. The van der Waals surface area contributed by atoms with Gasteiger partial charge >= 0.3 is 0 Å². The summed E-state index contributed by atoms with van der Waals surface area (Å²) in [5, 5.41) is 9.54. The molecule has 0 amide bonds. The number of benzene rings is 3. The average molecular weight is 547 g/mol. The van der Waals surface area contributed by atoms with E-state index in [-0.39, 0.29) is 12.5 Å². The molecule has 1 atom stereocenters. The molecule has 4 heterocycles. The highest BCUT2D eigenvalue weighted by Gasteiger charge is 2.38. The summed E-state index contributed by atoms with van der Waals surface area (Å²) in [6.45, 7) is 2.15. The Kier molecular flexibility index (Phi) is 6.00. The predicted octanol–water partition coefficient (Wildman–Crippen LogP) is 5.50. The highest BCUT2D eigenvalue weighted by Crippen LogP contribution is 2.49. The first-order valence-corrected chi connectivity index (χ1v) is 13.1. The molecule has 1 aliphatic heterocycles. The van der Waals surface area contributed by atoms with Gasteiger partial charge in [-0.05, 0) is 48.9 Å². The normalized spacial score (nSPS) is 13.8. The maximum atomic E-state index is 6.49. The molecular formula is C31H26N6O4. The van der Waals surface area contributed by atoms with E-state index >= 15 is 0 Å². The van der Waals surface area contributed by atoms with Crippen LogP contribution < -0.4 is 18.9 Å². The fourth-order valence-electron chi connectivity index (χ4n) is 5.24. The molecule has 204 valence electrons. The SMILES string of the molecule is COc1ccc(C2c3c(C)nn(-c4ccccc4)c3Oc3ncn4nc(COc5ccccc5OC)nc4c32)cc1. The van der Waals surface area contributed by atoms with Crippen molar-refractivity contribution in [2.75, 3.05) is 14.2 Å². The third kappa shape index (κ3) is 4.20. The van der Waals surface area contributed by atoms with Crippen LogP contribution in [0, 0.1) is 6.92 Å². The van der Waals surface area contributed by atoms with E-state index in [0.29, 0.717) is 34.7 Å². The Bertz CT molecular complexity index is 1860. The van der Waals surface area contributed by atoms with Crippen LogP contribution in [0.5, 0.6) is 29.0 Å². The fourth-order valence-corrected chi connectivity index (χ4v) is 5.24. The lowest BCUT2D eigenvalue weighted by Crippen LogP contribution is -2.16. The van der Waals surface area contributed by atoms with Crippen molar-refractivity contribution < 1.29 is 18.9 Å². The van der Waals surface area contributed by atoms with E-state index in [1.165, 1.54) is 0 Å². The number of rotatable bonds is 7. The number of para-hydroxylation sites is 3. The maximum absolute atomic E-state index is 6.49. The number of ether oxygens (including phenoxy) is 4. The number of hydrogen-bond donors (Lipinski definition) is 0. The minimum Gasteiger partial charge on any atom is -0.497 e. The smallest absolute Gasteiger partial charge is 0.230 e. The highest BCUT2D eigenvalue weighted by molar-refractivity contribution is 5.66. The van der Waals surface area contributed by atoms with E-state index in [9.17, 15) is 0 Å². The number of aromatic nitrogens is 6. The van der Waals surface area contributed by atoms with Crippen molar-refractivity contribution in [2.45, 2.75) is 19.4 Å². The Morgan fingerprint density at radius 3 is 2.34 bits per heavy atom. The first-order chi connectivity index (χ1) is 20.1. The van der Waals surface area contributed by atoms with E-state index < -0.39 is 0 Å². The van der Waals surface area contributed by atoms with Crippen molar-refractivity contribution in [3.63, 3.8) is 0 Å². The molecule has 0 radical (unpaired) electrons. The first kappa shape index (κ1) is 24.6. The third-order valence-corrected chi connectivity index (χ3v) is 7.14. The van der Waals surface area contributed by atoms with Gasteiger partial charge in [0.25, 0.3) is 0 Å². The Labute approximate surface area is 235 Å². The number of nitrogens with zero attached hydrogens (tertiary/aromatic N) is 6. The maximum Gasteiger partial charge on any atom is 0.230 e. The van der Waals surface area contributed by atoms with Gasteiger partial charge in [-0.2, -0.15) is 5.10 Å². The molecule has 0 N–H and O–H groups in total. The third-order valence-electron chi connectivity index (χ3n) is 7.14. The van der Waals surface area contributed by atoms with Crippen LogP contribution in [0.4, 0.5) is 0 Å². The van der Waals surface area contributed by atoms with Crippen molar-refractivity contribution >= 4 is 5.65 Å². The molecule has 10 heteroatoms. The topological polar surface area (TPSA) is 97.8 Å². The van der Waals surface area contributed by atoms with Gasteiger partial charge in [-0.1, -0.05) is 42.5 Å². The molecule has 0 aliphatic carbocycles. The Morgan fingerprint density at radius 2 is 1.59 bits per heavy atom. The molecule has 3 aromatic heterocycles. The van der Waals surface area contributed by atoms with Crippen LogP contribution in [0.25, 0.3) is 11.3 Å². The second kappa shape index (κ2) is 9.98. The van der Waals surface area contributed by atoms with Crippen LogP contribution in [0.1, 0.15) is 34.1 Å². The second-order valence-corrected chi connectivity index (χ2v) is 9.56. The minimum absolute atomic E-state index is 0.154. The lowest BCUT2D eigenvalue weighted by atomic mass is 9.84. The molecule has 1 unspecified atom stereocenters. The fraction of sp³-hybridized carbons (Fsp3) is 0.161. The van der Waals surface area contributed by atoms with Crippen molar-refractivity contribution in [1.29, 1.82) is 0 Å². The molecule has 3 aromatic carbocycles. The van der Waals surface area contributed by atoms with Crippen LogP contribution in [0.2, 0.25) is 0 Å². The molecule has 0 saturated heterocycles. The van der Waals surface area contributed by atoms with Crippen LogP contribution >= 0.6 is 0 Å². The van der Waals surface area contributed by atoms with E-state index in [0.717, 1.165) is 33.8 Å². The van der Waals surface area contributed by atoms with Crippen molar-refractivity contribution in [1.82, 2.24) is 29.4 Å². The summed E-state index contributed by atoms with van der Waals surface area (Å²) in [4.78, 5) is 9.56. The van der Waals surface area contributed by atoms with Gasteiger partial charge in [0.2, 0.25) is 11.8 Å². The molecule has 0 spiro atoms. The van der Waals surface area contributed by atoms with E-state index in [1.807, 2.05) is 90.5 Å². The van der Waals surface area contributed by atoms with Gasteiger partial charge in [-0.3, -0.25) is 0 Å². The molecule has 0 saturated carbocycles. The summed E-state index contributed by atoms with van der Waals surface area (Å²) in [6, 6.07) is 25.4. The zero-order valence-corrected chi connectivity index (χ0v) is 22.7. The van der Waals surface area contributed by atoms with Crippen LogP contribution in [-0.2, 0) is 6.61 Å². The molecule has 7 rings (SSSR count). The number of methoxy groups -OCH3 is 2. The summed E-state index contributed by atoms with van der Waals surface area (Å²) in [6.07, 6.45) is 1.61. The van der Waals surface area contributed by atoms with Gasteiger partial charge in [-0.25, -0.2) is 19.2 Å². The molecule has 10 nitrogen and oxygen atoms in total. The van der Waals surface area contributed by atoms with Gasteiger partial charge in [0, 0.05) is 0 Å². The second-order valence-electron chi connectivity index (χ2n) is 9.56. The summed E-state index contributed by atoms with van der Waals surface area (Å²) in [5.74, 6) is 3.34. The van der Waals surface area contributed by atoms with E-state index in [4.69, 9.17) is 29.0 Å². The molecule has 0 bridgehead atoms. The van der Waals surface area contributed by atoms with Crippen LogP contribution in [-0.4, -0.2) is 43.6 Å². The van der Waals surface area contributed by atoms with E-state index in [2.05, 4.69) is 10.1 Å². The lowest BCUT2D eigenvalue weighted by Gasteiger charge is -2.26. The first-order valence-electron chi connectivity index (χ1n) is 13.1. The highest BCUT2D eigenvalue weighted by atomic mass is 16.5. The van der Waals surface area contributed by atoms with E-state index in [1.54, 1.807) is 25.1 Å². The lowest BCUT2D eigenvalue weighted by molar-refractivity contribution is 0.276. The molecular weight excluding hydrogens is 520 g/mol. The summed E-state index contributed by atoms with van der Waals surface area (Å²) in [5.41, 5.74) is 5.14. The van der Waals surface area contributed by atoms with Crippen molar-refractivity contribution in [3.8, 4) is 34.7 Å². The Hall–Kier alpha value is -5.38. The van der Waals surface area contributed by atoms with Gasteiger partial charge in [-0.15, -0.1) is 5.10 Å². The van der Waals surface area contributed by atoms with Gasteiger partial charge in [0.1, 0.15) is 18.7 Å². The molecule has 6 aromatic rings. The standard InChI is InChI=1S/C31H26N6O4/c1-19-26-27(20-13-15-22(38-2)16-14-20)28-29-33-25(17-40-24-12-8-7-11-23(24)39-3)35-36(29)18-32-30(28)41-31(26)37(34-19)21-9-5-4-6-10-21/h4-16,18,27H,17H2,1-3H3. The summed E-state index contributed by atoms with van der Waals surface area (Å²) < 4.78 is 26.8. The average Bonchev–Trinajstić information content (AvgIpc) is 3.60. The predicted molar refractivity (Wildman–Crippen MR) is 150 cm³/mol. The Morgan fingerprint density at radius 1 is 0.829 bits per heavy atom. The van der Waals surface area contributed by atoms with Crippen molar-refractivity contribution in [3.05, 3.63) is 113 Å². The molecule has 1 aliphatic rings. The number of aryl methyl sites for hydroxylation is 1. The molecule has 41 heavy (non-hydrogen) atoms. The largest absolute Gasteiger partial charge is 0.497 e. The number of hydrogen-bond acceptors (Lipinski definition) is 8. The number of fused-ring (bicyclic) bond motifs is 4. The van der Waals surface area contributed by atoms with Gasteiger partial charge in [0.05, 0.1) is 42.6 Å².